The van der Waals surface area contributed by atoms with Crippen molar-refractivity contribution in [3.63, 3.8) is 0 Å². The van der Waals surface area contributed by atoms with E-state index < -0.39 is 6.09 Å². The van der Waals surface area contributed by atoms with Gasteiger partial charge in [-0.2, -0.15) is 0 Å². The quantitative estimate of drug-likeness (QED) is 0.0716. The van der Waals surface area contributed by atoms with Gasteiger partial charge in [0.25, 0.3) is 0 Å². The fourth-order valence-corrected chi connectivity index (χ4v) is 6.37. The number of fused-ring (bicyclic) bond motifs is 3. The van der Waals surface area contributed by atoms with Crippen molar-refractivity contribution in [1.82, 2.24) is 5.32 Å². The van der Waals surface area contributed by atoms with Gasteiger partial charge in [0.05, 0.1) is 139 Å². The molecule has 4 rings (SSSR count). The van der Waals surface area contributed by atoms with E-state index >= 15 is 0 Å². The highest BCUT2D eigenvalue weighted by molar-refractivity contribution is 5.88. The second kappa shape index (κ2) is 35.9. The summed E-state index contributed by atoms with van der Waals surface area (Å²) in [5.41, 5.74) is 5.52. The molecule has 0 heterocycles. The van der Waals surface area contributed by atoms with Gasteiger partial charge >= 0.3 is 6.09 Å². The predicted molar refractivity (Wildman–Crippen MR) is 243 cm³/mol. The lowest BCUT2D eigenvalue weighted by atomic mass is 9.98. The van der Waals surface area contributed by atoms with E-state index in [-0.39, 0.29) is 11.8 Å². The Morgan fingerprint density at radius 3 is 1.18 bits per heavy atom. The topological polar surface area (TPSA) is 178 Å². The summed E-state index contributed by atoms with van der Waals surface area (Å²) in [4.78, 5) is 23.4. The fourth-order valence-electron chi connectivity index (χ4n) is 6.37. The number of benzene rings is 3. The van der Waals surface area contributed by atoms with Crippen molar-refractivity contribution in [2.24, 2.45) is 0 Å². The average Bonchev–Trinajstić information content (AvgIpc) is 3.64. The monoisotopic (exact) mass is 914 g/mol. The van der Waals surface area contributed by atoms with Gasteiger partial charge in [-0.05, 0) is 52.9 Å². The first-order chi connectivity index (χ1) is 32.1. The molecule has 0 unspecified atom stereocenters. The number of ether oxygens (including phenoxy) is 13. The van der Waals surface area contributed by atoms with Gasteiger partial charge in [-0.1, -0.05) is 48.5 Å². The highest BCUT2D eigenvalue weighted by Gasteiger charge is 2.29. The zero-order valence-electron chi connectivity index (χ0n) is 38.0. The molecule has 3 aromatic carbocycles. The maximum atomic E-state index is 12.3. The van der Waals surface area contributed by atoms with Crippen molar-refractivity contribution in [2.45, 2.75) is 19.3 Å². The Kier molecular flexibility index (Phi) is 29.5. The first kappa shape index (κ1) is 53.4. The summed E-state index contributed by atoms with van der Waals surface area (Å²) in [6.07, 6.45) is 0.259. The van der Waals surface area contributed by atoms with Crippen LogP contribution in [0.3, 0.4) is 0 Å². The van der Waals surface area contributed by atoms with Crippen LogP contribution in [-0.2, 0) is 61.6 Å². The van der Waals surface area contributed by atoms with Gasteiger partial charge in [0.1, 0.15) is 19.0 Å². The van der Waals surface area contributed by atoms with E-state index in [4.69, 9.17) is 61.6 Å². The Balaban J connectivity index is 0.759. The van der Waals surface area contributed by atoms with Crippen LogP contribution in [0.1, 0.15) is 30.4 Å². The number of carbonyl (C=O) groups excluding carboxylic acids is 2. The maximum absolute atomic E-state index is 12.3. The minimum atomic E-state index is -0.419. The van der Waals surface area contributed by atoms with Gasteiger partial charge in [-0.25, -0.2) is 4.79 Å². The van der Waals surface area contributed by atoms with Crippen LogP contribution in [0.15, 0.2) is 72.8 Å². The first-order valence-electron chi connectivity index (χ1n) is 22.6. The lowest BCUT2D eigenvalue weighted by molar-refractivity contribution is -0.114. The van der Waals surface area contributed by atoms with Crippen LogP contribution < -0.4 is 15.4 Å². The number of nitrogens with one attached hydrogen (secondary N) is 2. The number of hydrogen-bond acceptors (Lipinski definition) is 15. The van der Waals surface area contributed by atoms with Gasteiger partial charge in [0.2, 0.25) is 5.91 Å². The molecule has 17 nitrogen and oxygen atoms in total. The van der Waals surface area contributed by atoms with Crippen LogP contribution in [0.5, 0.6) is 5.75 Å². The van der Waals surface area contributed by atoms with E-state index in [9.17, 15) is 9.59 Å². The molecule has 0 bridgehead atoms. The molecule has 0 spiro atoms. The van der Waals surface area contributed by atoms with Crippen LogP contribution in [0.25, 0.3) is 11.1 Å². The van der Waals surface area contributed by atoms with Crippen LogP contribution in [0, 0.1) is 0 Å². The zero-order valence-corrected chi connectivity index (χ0v) is 38.0. The molecule has 0 saturated carbocycles. The molecule has 0 radical (unpaired) electrons. The van der Waals surface area contributed by atoms with Crippen molar-refractivity contribution in [2.75, 3.05) is 170 Å². The summed E-state index contributed by atoms with van der Waals surface area (Å²) in [5.74, 6) is 0.644. The molecule has 0 saturated heterocycles. The first-order valence-corrected chi connectivity index (χ1v) is 22.6. The summed E-state index contributed by atoms with van der Waals surface area (Å²) in [7, 11) is 0. The van der Waals surface area contributed by atoms with Crippen LogP contribution in [0.4, 0.5) is 10.5 Å². The molecule has 1 aliphatic rings. The maximum Gasteiger partial charge on any atom is 0.407 e. The van der Waals surface area contributed by atoms with Crippen molar-refractivity contribution >= 4 is 17.7 Å². The van der Waals surface area contributed by atoms with Gasteiger partial charge in [-0.15, -0.1) is 0 Å². The smallest absolute Gasteiger partial charge is 0.407 e. The minimum Gasteiger partial charge on any atom is -0.491 e. The normalized spacial score (nSPS) is 12.0. The van der Waals surface area contributed by atoms with E-state index in [1.807, 2.05) is 24.3 Å². The lowest BCUT2D eigenvalue weighted by Gasteiger charge is -2.14. The molecular weight excluding hydrogens is 845 g/mol. The molecule has 2 amide bonds. The van der Waals surface area contributed by atoms with Gasteiger partial charge in [-0.3, -0.25) is 4.79 Å². The highest BCUT2D eigenvalue weighted by Crippen LogP contribution is 2.44. The second-order valence-electron chi connectivity index (χ2n) is 14.4. The average molecular weight is 915 g/mol. The Bertz CT molecular complexity index is 1620. The fraction of sp³-hybridized carbons (Fsp3) is 0.583. The summed E-state index contributed by atoms with van der Waals surface area (Å²) in [5, 5.41) is 5.52. The lowest BCUT2D eigenvalue weighted by Crippen LogP contribution is -2.27. The van der Waals surface area contributed by atoms with E-state index in [0.717, 1.165) is 5.69 Å². The molecule has 3 aromatic rings. The minimum absolute atomic E-state index is 0.0441. The SMILES string of the molecule is CC(=O)Nc1ccc(OCCOCCOCCOCCOCCOCCOCCOCCOCCOCCOCCOCCCNC(=O)OCC2c3ccccc3-c3ccccc32)cc1. The summed E-state index contributed by atoms with van der Waals surface area (Å²) < 4.78 is 71.9. The molecule has 0 fully saturated rings. The predicted octanol–water partition coefficient (Wildman–Crippen LogP) is 5.14. The third-order valence-corrected chi connectivity index (χ3v) is 9.47. The Morgan fingerprint density at radius 1 is 0.446 bits per heavy atom. The molecule has 362 valence electrons. The zero-order chi connectivity index (χ0) is 45.7. The summed E-state index contributed by atoms with van der Waals surface area (Å²) >= 11 is 0. The summed E-state index contributed by atoms with van der Waals surface area (Å²) in [6.45, 7) is 13.2. The van der Waals surface area contributed by atoms with Crippen LogP contribution in [0.2, 0.25) is 0 Å². The van der Waals surface area contributed by atoms with E-state index in [1.54, 1.807) is 24.3 Å². The number of amides is 2. The number of carbonyl (C=O) groups is 2. The molecule has 0 aliphatic heterocycles. The molecule has 2 N–H and O–H groups in total. The second-order valence-corrected chi connectivity index (χ2v) is 14.4. The molecule has 17 heteroatoms. The summed E-state index contributed by atoms with van der Waals surface area (Å²) in [6, 6.07) is 23.7. The number of rotatable bonds is 41. The van der Waals surface area contributed by atoms with Crippen molar-refractivity contribution in [3.8, 4) is 16.9 Å². The third-order valence-electron chi connectivity index (χ3n) is 9.47. The Morgan fingerprint density at radius 2 is 0.800 bits per heavy atom. The standard InChI is InChI=1S/C48H70N2O15/c1-40(51)50-41-11-13-42(14-12-41)64-38-37-63-36-35-62-34-33-61-32-31-60-30-29-59-28-27-58-26-25-57-24-23-56-22-21-55-20-19-54-18-17-53-16-6-15-49-48(52)65-39-47-45-9-4-2-7-43(45)44-8-3-5-10-46(44)47/h2-5,7-14,47H,6,15-39H2,1H3,(H,49,52)(H,50,51). The number of hydrogen-bond donors (Lipinski definition) is 2. The third kappa shape index (κ3) is 24.7. The molecule has 1 aliphatic carbocycles. The van der Waals surface area contributed by atoms with E-state index in [0.29, 0.717) is 177 Å². The van der Waals surface area contributed by atoms with Crippen molar-refractivity contribution in [1.29, 1.82) is 0 Å². The van der Waals surface area contributed by atoms with Crippen LogP contribution >= 0.6 is 0 Å². The van der Waals surface area contributed by atoms with Gasteiger partial charge < -0.3 is 72.2 Å². The molecule has 65 heavy (non-hydrogen) atoms. The van der Waals surface area contributed by atoms with E-state index in [2.05, 4.69) is 34.9 Å². The van der Waals surface area contributed by atoms with E-state index in [1.165, 1.54) is 29.2 Å². The largest absolute Gasteiger partial charge is 0.491 e. The van der Waals surface area contributed by atoms with Gasteiger partial charge in [0, 0.05) is 31.7 Å². The number of alkyl carbamates (subject to hydrolysis) is 1. The van der Waals surface area contributed by atoms with Crippen LogP contribution in [-0.4, -0.2) is 177 Å². The van der Waals surface area contributed by atoms with Gasteiger partial charge in [0.15, 0.2) is 0 Å². The molecular formula is C48H70N2O15. The molecule has 0 aromatic heterocycles. The van der Waals surface area contributed by atoms with Crippen molar-refractivity contribution in [3.05, 3.63) is 83.9 Å². The highest BCUT2D eigenvalue weighted by atomic mass is 16.6. The Labute approximate surface area is 383 Å². The molecule has 0 atom stereocenters. The Hall–Kier alpha value is -4.24. The number of anilines is 1. The van der Waals surface area contributed by atoms with Crippen molar-refractivity contribution < 1.29 is 71.2 Å².